The number of benzene rings is 2. The predicted molar refractivity (Wildman–Crippen MR) is 126 cm³/mol. The Balaban J connectivity index is 1.90. The largest absolute Gasteiger partial charge is 0.479 e. The summed E-state index contributed by atoms with van der Waals surface area (Å²) in [6, 6.07) is 12.3. The van der Waals surface area contributed by atoms with Gasteiger partial charge in [-0.05, 0) is 35.7 Å². The molecule has 0 aliphatic rings. The maximum Gasteiger partial charge on any atom is 0.334 e. The summed E-state index contributed by atoms with van der Waals surface area (Å²) < 4.78 is 14.6. The van der Waals surface area contributed by atoms with Gasteiger partial charge in [0.05, 0.1) is 12.6 Å². The lowest BCUT2D eigenvalue weighted by Crippen LogP contribution is -2.48. The van der Waals surface area contributed by atoms with E-state index in [2.05, 4.69) is 10.4 Å². The molecule has 0 bridgehead atoms. The van der Waals surface area contributed by atoms with E-state index in [0.29, 0.717) is 16.1 Å². The number of aliphatic hydroxyl groups excluding tert-OH is 1. The molecule has 184 valence electrons. The number of nitrogens with one attached hydrogen (secondary N) is 1. The van der Waals surface area contributed by atoms with Crippen LogP contribution in [0.25, 0.3) is 0 Å². The lowest BCUT2D eigenvalue weighted by Gasteiger charge is -2.21. The Labute approximate surface area is 205 Å². The third kappa shape index (κ3) is 6.43. The van der Waals surface area contributed by atoms with Crippen LogP contribution in [-0.2, 0) is 17.8 Å². The molecule has 2 amide bonds. The standard InChI is InChI=1S/C24H24ClFN4O5/c1-29(2)23(33)20-12-19(28-30(20)13-14-7-9-16(26)10-8-14)22(32)27-18(21(31)24(34)35)11-15-5-3-4-6-17(15)25/h3-10,12,18,21,31H,11,13H2,1-2H3,(H,27,32)(H,34,35). The van der Waals surface area contributed by atoms with Crippen LogP contribution in [0.3, 0.4) is 0 Å². The van der Waals surface area contributed by atoms with E-state index in [1.165, 1.54) is 39.9 Å². The number of carbonyl (C=O) groups is 3. The first kappa shape index (κ1) is 25.9. The molecule has 0 saturated carbocycles. The molecule has 9 nitrogen and oxygen atoms in total. The Morgan fingerprint density at radius 3 is 2.40 bits per heavy atom. The van der Waals surface area contributed by atoms with Gasteiger partial charge in [0.1, 0.15) is 11.5 Å². The predicted octanol–water partition coefficient (Wildman–Crippen LogP) is 2.21. The molecule has 0 aliphatic carbocycles. The molecule has 0 saturated heterocycles. The highest BCUT2D eigenvalue weighted by molar-refractivity contribution is 6.31. The van der Waals surface area contributed by atoms with E-state index < -0.39 is 35.7 Å². The summed E-state index contributed by atoms with van der Waals surface area (Å²) in [4.78, 5) is 38.5. The highest BCUT2D eigenvalue weighted by atomic mass is 35.5. The molecular formula is C24H24ClFN4O5. The second-order valence-corrected chi connectivity index (χ2v) is 8.46. The molecule has 35 heavy (non-hydrogen) atoms. The normalized spacial score (nSPS) is 12.6. The molecule has 2 aromatic carbocycles. The molecule has 0 radical (unpaired) electrons. The van der Waals surface area contributed by atoms with Crippen LogP contribution >= 0.6 is 11.6 Å². The Bertz CT molecular complexity index is 1230. The number of aliphatic carboxylic acids is 1. The van der Waals surface area contributed by atoms with E-state index in [4.69, 9.17) is 11.6 Å². The number of carbonyl (C=O) groups excluding carboxylic acids is 2. The second kappa shape index (κ2) is 11.1. The minimum atomic E-state index is -1.92. The van der Waals surface area contributed by atoms with Crippen molar-refractivity contribution in [3.05, 3.63) is 88.0 Å². The van der Waals surface area contributed by atoms with Crippen molar-refractivity contribution in [1.82, 2.24) is 20.0 Å². The van der Waals surface area contributed by atoms with E-state index in [1.54, 1.807) is 38.4 Å². The van der Waals surface area contributed by atoms with Gasteiger partial charge < -0.3 is 20.4 Å². The van der Waals surface area contributed by atoms with Gasteiger partial charge in [-0.3, -0.25) is 14.3 Å². The van der Waals surface area contributed by atoms with E-state index in [9.17, 15) is 29.0 Å². The van der Waals surface area contributed by atoms with Gasteiger partial charge in [0.2, 0.25) is 0 Å². The minimum Gasteiger partial charge on any atom is -0.479 e. The van der Waals surface area contributed by atoms with Crippen LogP contribution < -0.4 is 5.32 Å². The molecule has 0 aliphatic heterocycles. The van der Waals surface area contributed by atoms with Crippen LogP contribution in [0.15, 0.2) is 54.6 Å². The van der Waals surface area contributed by atoms with Gasteiger partial charge in [-0.2, -0.15) is 5.10 Å². The molecular weight excluding hydrogens is 479 g/mol. The molecule has 1 aromatic heterocycles. The van der Waals surface area contributed by atoms with Crippen molar-refractivity contribution in [1.29, 1.82) is 0 Å². The first-order valence-corrected chi connectivity index (χ1v) is 10.9. The summed E-state index contributed by atoms with van der Waals surface area (Å²) in [6.45, 7) is 0.0866. The zero-order valence-electron chi connectivity index (χ0n) is 19.0. The summed E-state index contributed by atoms with van der Waals surface area (Å²) in [6.07, 6.45) is -1.97. The Hall–Kier alpha value is -3.76. The Morgan fingerprint density at radius 1 is 1.14 bits per heavy atom. The van der Waals surface area contributed by atoms with E-state index in [-0.39, 0.29) is 24.4 Å². The quantitative estimate of drug-likeness (QED) is 0.412. The van der Waals surface area contributed by atoms with Crippen LogP contribution in [0.2, 0.25) is 5.02 Å². The second-order valence-electron chi connectivity index (χ2n) is 8.06. The third-order valence-corrected chi connectivity index (χ3v) is 5.60. The van der Waals surface area contributed by atoms with Crippen molar-refractivity contribution in [3.8, 4) is 0 Å². The Kier molecular flexibility index (Phi) is 8.21. The van der Waals surface area contributed by atoms with Crippen molar-refractivity contribution in [2.24, 2.45) is 0 Å². The molecule has 0 fully saturated rings. The van der Waals surface area contributed by atoms with Crippen molar-refractivity contribution >= 4 is 29.4 Å². The minimum absolute atomic E-state index is 0.0569. The molecule has 1 heterocycles. The fourth-order valence-electron chi connectivity index (χ4n) is 3.37. The van der Waals surface area contributed by atoms with Gasteiger partial charge in [0, 0.05) is 25.2 Å². The number of aliphatic hydroxyl groups is 1. The fourth-order valence-corrected chi connectivity index (χ4v) is 3.58. The van der Waals surface area contributed by atoms with Crippen LogP contribution in [0.4, 0.5) is 4.39 Å². The number of halogens is 2. The molecule has 2 unspecified atom stereocenters. The Morgan fingerprint density at radius 2 is 1.80 bits per heavy atom. The number of hydrogen-bond donors (Lipinski definition) is 3. The average molecular weight is 503 g/mol. The molecule has 0 spiro atoms. The fraction of sp³-hybridized carbons (Fsp3) is 0.250. The maximum absolute atomic E-state index is 13.3. The van der Waals surface area contributed by atoms with Gasteiger partial charge >= 0.3 is 5.97 Å². The van der Waals surface area contributed by atoms with Gasteiger partial charge in [-0.1, -0.05) is 41.9 Å². The van der Waals surface area contributed by atoms with Gasteiger partial charge in [-0.25, -0.2) is 9.18 Å². The van der Waals surface area contributed by atoms with E-state index in [1.807, 2.05) is 0 Å². The van der Waals surface area contributed by atoms with E-state index >= 15 is 0 Å². The highest BCUT2D eigenvalue weighted by Crippen LogP contribution is 2.18. The molecule has 11 heteroatoms. The van der Waals surface area contributed by atoms with Crippen molar-refractivity contribution in [2.45, 2.75) is 25.1 Å². The van der Waals surface area contributed by atoms with Crippen molar-refractivity contribution in [2.75, 3.05) is 14.1 Å². The molecule has 3 rings (SSSR count). The summed E-state index contributed by atoms with van der Waals surface area (Å²) in [5, 5.41) is 26.6. The molecule has 2 atom stereocenters. The molecule has 3 N–H and O–H groups in total. The SMILES string of the molecule is CN(C)C(=O)c1cc(C(=O)NC(Cc2ccccc2Cl)C(O)C(=O)O)nn1Cc1ccc(F)cc1. The topological polar surface area (TPSA) is 125 Å². The first-order valence-electron chi connectivity index (χ1n) is 10.6. The van der Waals surface area contributed by atoms with Crippen LogP contribution in [-0.4, -0.2) is 68.9 Å². The van der Waals surface area contributed by atoms with E-state index in [0.717, 1.165) is 0 Å². The summed E-state index contributed by atoms with van der Waals surface area (Å²) in [5.74, 6) is -3.14. The summed E-state index contributed by atoms with van der Waals surface area (Å²) in [7, 11) is 3.08. The number of hydrogen-bond acceptors (Lipinski definition) is 5. The van der Waals surface area contributed by atoms with Crippen LogP contribution in [0.5, 0.6) is 0 Å². The number of carboxylic acid groups (broad SMARTS) is 1. The van der Waals surface area contributed by atoms with Crippen molar-refractivity contribution in [3.63, 3.8) is 0 Å². The van der Waals surface area contributed by atoms with Crippen LogP contribution in [0.1, 0.15) is 32.1 Å². The number of carboxylic acids is 1. The third-order valence-electron chi connectivity index (χ3n) is 5.23. The monoisotopic (exact) mass is 502 g/mol. The van der Waals surface area contributed by atoms with Crippen LogP contribution in [0, 0.1) is 5.82 Å². The number of rotatable bonds is 9. The number of amides is 2. The summed E-state index contributed by atoms with van der Waals surface area (Å²) >= 11 is 6.16. The number of aromatic nitrogens is 2. The lowest BCUT2D eigenvalue weighted by molar-refractivity contribution is -0.148. The highest BCUT2D eigenvalue weighted by Gasteiger charge is 2.30. The average Bonchev–Trinajstić information content (AvgIpc) is 3.24. The maximum atomic E-state index is 13.3. The number of nitrogens with zero attached hydrogens (tertiary/aromatic N) is 3. The lowest BCUT2D eigenvalue weighted by atomic mass is 10.0. The van der Waals surface area contributed by atoms with Gasteiger partial charge in [0.15, 0.2) is 11.8 Å². The zero-order valence-corrected chi connectivity index (χ0v) is 19.7. The summed E-state index contributed by atoms with van der Waals surface area (Å²) in [5.41, 5.74) is 1.13. The first-order chi connectivity index (χ1) is 16.6. The van der Waals surface area contributed by atoms with Crippen molar-refractivity contribution < 1.29 is 29.0 Å². The van der Waals surface area contributed by atoms with Gasteiger partial charge in [-0.15, -0.1) is 0 Å². The molecule has 3 aromatic rings. The van der Waals surface area contributed by atoms with Gasteiger partial charge in [0.25, 0.3) is 11.8 Å². The smallest absolute Gasteiger partial charge is 0.334 e. The zero-order chi connectivity index (χ0) is 25.7.